The molecule has 190 valence electrons. The standard InChI is InChI=1S/C30H30N2O5/c1-6-36-27-16-22(9-10-26(27)37-17-23-12-19(3)11-20(4)13-23)15-24-28(33)31-30(35)32(29(24)34)25-14-18(2)7-8-21(25)5/h7-16H,6,17H2,1-5H3,(H,31,33,35)/b24-15+. The van der Waals surface area contributed by atoms with Gasteiger partial charge in [0.25, 0.3) is 11.8 Å². The average Bonchev–Trinajstić information content (AvgIpc) is 2.83. The van der Waals surface area contributed by atoms with Crippen LogP contribution in [0.2, 0.25) is 0 Å². The third-order valence-corrected chi connectivity index (χ3v) is 5.96. The van der Waals surface area contributed by atoms with E-state index in [1.807, 2.05) is 39.8 Å². The van der Waals surface area contributed by atoms with E-state index in [1.54, 1.807) is 31.2 Å². The van der Waals surface area contributed by atoms with E-state index in [0.717, 1.165) is 32.7 Å². The van der Waals surface area contributed by atoms with Crippen molar-refractivity contribution in [1.29, 1.82) is 0 Å². The summed E-state index contributed by atoms with van der Waals surface area (Å²) in [7, 11) is 0. The molecule has 37 heavy (non-hydrogen) atoms. The van der Waals surface area contributed by atoms with Crippen molar-refractivity contribution in [1.82, 2.24) is 5.32 Å². The summed E-state index contributed by atoms with van der Waals surface area (Å²) in [6.07, 6.45) is 1.46. The van der Waals surface area contributed by atoms with Crippen LogP contribution in [0.5, 0.6) is 11.5 Å². The minimum absolute atomic E-state index is 0.146. The quantitative estimate of drug-likeness (QED) is 0.340. The number of nitrogens with zero attached hydrogens (tertiary/aromatic N) is 1. The van der Waals surface area contributed by atoms with E-state index in [0.29, 0.717) is 36.0 Å². The maximum atomic E-state index is 13.3. The molecule has 0 radical (unpaired) electrons. The van der Waals surface area contributed by atoms with Crippen LogP contribution in [0.1, 0.15) is 40.3 Å². The van der Waals surface area contributed by atoms with Crippen LogP contribution in [-0.2, 0) is 16.2 Å². The lowest BCUT2D eigenvalue weighted by molar-refractivity contribution is -0.122. The zero-order valence-corrected chi connectivity index (χ0v) is 21.7. The number of aryl methyl sites for hydroxylation is 4. The van der Waals surface area contributed by atoms with Gasteiger partial charge in [-0.1, -0.05) is 47.5 Å². The number of carbonyl (C=O) groups is 3. The normalized spacial score (nSPS) is 14.7. The molecule has 1 heterocycles. The molecule has 3 aromatic carbocycles. The molecule has 0 saturated carbocycles. The average molecular weight is 499 g/mol. The van der Waals surface area contributed by atoms with Gasteiger partial charge in [-0.05, 0) is 81.1 Å². The number of benzene rings is 3. The summed E-state index contributed by atoms with van der Waals surface area (Å²) >= 11 is 0. The Balaban J connectivity index is 1.63. The maximum absolute atomic E-state index is 13.3. The molecule has 4 amide bonds. The lowest BCUT2D eigenvalue weighted by atomic mass is 10.0. The van der Waals surface area contributed by atoms with E-state index >= 15 is 0 Å². The second-order valence-electron chi connectivity index (χ2n) is 9.17. The Kier molecular flexibility index (Phi) is 7.43. The minimum atomic E-state index is -0.772. The molecule has 0 bridgehead atoms. The number of urea groups is 1. The largest absolute Gasteiger partial charge is 0.490 e. The Bertz CT molecular complexity index is 1400. The molecule has 1 aliphatic rings. The van der Waals surface area contributed by atoms with Crippen molar-refractivity contribution in [3.63, 3.8) is 0 Å². The Morgan fingerprint density at radius 2 is 1.54 bits per heavy atom. The van der Waals surface area contributed by atoms with Crippen LogP contribution in [0.3, 0.4) is 0 Å². The molecule has 4 rings (SSSR count). The van der Waals surface area contributed by atoms with E-state index in [2.05, 4.69) is 23.5 Å². The summed E-state index contributed by atoms with van der Waals surface area (Å²) in [4.78, 5) is 39.6. The van der Waals surface area contributed by atoms with Gasteiger partial charge in [0.1, 0.15) is 12.2 Å². The Hall–Kier alpha value is -4.39. The molecule has 0 atom stereocenters. The van der Waals surface area contributed by atoms with Crippen molar-refractivity contribution in [2.45, 2.75) is 41.2 Å². The number of imide groups is 2. The second kappa shape index (κ2) is 10.7. The summed E-state index contributed by atoms with van der Waals surface area (Å²) in [6.45, 7) is 10.4. The van der Waals surface area contributed by atoms with Crippen LogP contribution < -0.4 is 19.7 Å². The highest BCUT2D eigenvalue weighted by atomic mass is 16.5. The maximum Gasteiger partial charge on any atom is 0.335 e. The number of ether oxygens (including phenoxy) is 2. The predicted octanol–water partition coefficient (Wildman–Crippen LogP) is 5.56. The molecule has 7 nitrogen and oxygen atoms in total. The molecule has 1 aliphatic heterocycles. The van der Waals surface area contributed by atoms with Crippen LogP contribution in [0, 0.1) is 27.7 Å². The first-order chi connectivity index (χ1) is 17.7. The van der Waals surface area contributed by atoms with Crippen LogP contribution in [-0.4, -0.2) is 24.5 Å². The van der Waals surface area contributed by atoms with Gasteiger partial charge in [-0.2, -0.15) is 0 Å². The molecular weight excluding hydrogens is 468 g/mol. The number of anilines is 1. The molecule has 1 saturated heterocycles. The molecule has 3 aromatic rings. The Labute approximate surface area is 216 Å². The fourth-order valence-electron chi connectivity index (χ4n) is 4.32. The molecule has 1 fully saturated rings. The third-order valence-electron chi connectivity index (χ3n) is 5.96. The highest BCUT2D eigenvalue weighted by molar-refractivity contribution is 6.39. The first-order valence-electron chi connectivity index (χ1n) is 12.1. The third kappa shape index (κ3) is 5.72. The summed E-state index contributed by atoms with van der Waals surface area (Å²) in [5, 5.41) is 2.28. The fourth-order valence-corrected chi connectivity index (χ4v) is 4.32. The van der Waals surface area contributed by atoms with Crippen LogP contribution in [0.15, 0.2) is 60.2 Å². The molecule has 0 unspecified atom stereocenters. The summed E-state index contributed by atoms with van der Waals surface area (Å²) in [5.74, 6) is -0.387. The molecule has 0 aromatic heterocycles. The van der Waals surface area contributed by atoms with Gasteiger partial charge >= 0.3 is 6.03 Å². The van der Waals surface area contributed by atoms with Crippen LogP contribution in [0.4, 0.5) is 10.5 Å². The molecule has 7 heteroatoms. The monoisotopic (exact) mass is 498 g/mol. The van der Waals surface area contributed by atoms with Crippen molar-refractivity contribution >= 4 is 29.6 Å². The van der Waals surface area contributed by atoms with Gasteiger partial charge in [-0.15, -0.1) is 0 Å². The van der Waals surface area contributed by atoms with Crippen molar-refractivity contribution in [2.24, 2.45) is 0 Å². The lowest BCUT2D eigenvalue weighted by Gasteiger charge is -2.27. The predicted molar refractivity (Wildman–Crippen MR) is 143 cm³/mol. The van der Waals surface area contributed by atoms with Crippen molar-refractivity contribution in [2.75, 3.05) is 11.5 Å². The Morgan fingerprint density at radius 3 is 2.24 bits per heavy atom. The summed E-state index contributed by atoms with van der Waals surface area (Å²) < 4.78 is 11.8. The van der Waals surface area contributed by atoms with Gasteiger partial charge in [0.05, 0.1) is 12.3 Å². The van der Waals surface area contributed by atoms with Gasteiger partial charge in [0, 0.05) is 0 Å². The zero-order valence-electron chi connectivity index (χ0n) is 21.7. The SMILES string of the molecule is CCOc1cc(/C=C2\C(=O)NC(=O)N(c3cc(C)ccc3C)C2=O)ccc1OCc1cc(C)cc(C)c1. The topological polar surface area (TPSA) is 84.9 Å². The number of hydrogen-bond acceptors (Lipinski definition) is 5. The van der Waals surface area contributed by atoms with Gasteiger partial charge in [-0.3, -0.25) is 14.9 Å². The molecule has 0 aliphatic carbocycles. The van der Waals surface area contributed by atoms with Crippen LogP contribution in [0.25, 0.3) is 6.08 Å². The number of amides is 4. The molecule has 1 N–H and O–H groups in total. The van der Waals surface area contributed by atoms with E-state index in [4.69, 9.17) is 9.47 Å². The molecular formula is C30H30N2O5. The van der Waals surface area contributed by atoms with E-state index in [1.165, 1.54) is 6.08 Å². The smallest absolute Gasteiger partial charge is 0.335 e. The zero-order chi connectivity index (χ0) is 26.7. The summed E-state index contributed by atoms with van der Waals surface area (Å²) in [6, 6.07) is 16.2. The number of hydrogen-bond donors (Lipinski definition) is 1. The summed E-state index contributed by atoms with van der Waals surface area (Å²) in [5.41, 5.74) is 5.86. The van der Waals surface area contributed by atoms with E-state index < -0.39 is 17.8 Å². The van der Waals surface area contributed by atoms with Crippen molar-refractivity contribution in [3.05, 3.63) is 93.6 Å². The second-order valence-corrected chi connectivity index (χ2v) is 9.17. The van der Waals surface area contributed by atoms with Gasteiger partial charge in [0.2, 0.25) is 0 Å². The minimum Gasteiger partial charge on any atom is -0.490 e. The van der Waals surface area contributed by atoms with Crippen LogP contribution >= 0.6 is 0 Å². The van der Waals surface area contributed by atoms with Crippen molar-refractivity contribution in [3.8, 4) is 11.5 Å². The number of rotatable bonds is 7. The first-order valence-corrected chi connectivity index (χ1v) is 12.1. The first kappa shape index (κ1) is 25.7. The number of barbiturate groups is 1. The Morgan fingerprint density at radius 1 is 0.811 bits per heavy atom. The number of carbonyl (C=O) groups excluding carboxylic acids is 3. The van der Waals surface area contributed by atoms with E-state index in [-0.39, 0.29) is 5.57 Å². The van der Waals surface area contributed by atoms with Crippen molar-refractivity contribution < 1.29 is 23.9 Å². The van der Waals surface area contributed by atoms with Gasteiger partial charge in [0.15, 0.2) is 11.5 Å². The highest BCUT2D eigenvalue weighted by Gasteiger charge is 2.37. The molecule has 0 spiro atoms. The highest BCUT2D eigenvalue weighted by Crippen LogP contribution is 2.31. The lowest BCUT2D eigenvalue weighted by Crippen LogP contribution is -2.54. The van der Waals surface area contributed by atoms with Gasteiger partial charge < -0.3 is 9.47 Å². The van der Waals surface area contributed by atoms with E-state index in [9.17, 15) is 14.4 Å². The van der Waals surface area contributed by atoms with Gasteiger partial charge in [-0.25, -0.2) is 9.69 Å². The fraction of sp³-hybridized carbons (Fsp3) is 0.233. The number of nitrogens with one attached hydrogen (secondary N) is 1.